The van der Waals surface area contributed by atoms with Gasteiger partial charge in [-0.25, -0.2) is 0 Å². The Labute approximate surface area is 148 Å². The van der Waals surface area contributed by atoms with E-state index < -0.39 is 0 Å². The number of amides is 1. The van der Waals surface area contributed by atoms with Gasteiger partial charge < -0.3 is 10.1 Å². The molecule has 0 saturated carbocycles. The molecule has 1 radical (unpaired) electrons. The number of benzene rings is 1. The van der Waals surface area contributed by atoms with E-state index in [1.807, 2.05) is 24.3 Å². The highest BCUT2D eigenvalue weighted by atomic mass is 16.5. The predicted molar refractivity (Wildman–Crippen MR) is 102 cm³/mol. The van der Waals surface area contributed by atoms with Crippen LogP contribution in [0.1, 0.15) is 84.0 Å². The summed E-state index contributed by atoms with van der Waals surface area (Å²) in [5.74, 6) is 0.726. The van der Waals surface area contributed by atoms with Crippen LogP contribution in [0.4, 0.5) is 5.69 Å². The lowest BCUT2D eigenvalue weighted by molar-refractivity contribution is 0.305. The number of ether oxygens (including phenoxy) is 1. The summed E-state index contributed by atoms with van der Waals surface area (Å²) in [6.07, 6.45) is 17.8. The Kier molecular flexibility index (Phi) is 12.9. The first kappa shape index (κ1) is 20.5. The number of hydrogen-bond donors (Lipinski definition) is 1. The number of para-hydroxylation sites is 2. The molecule has 0 aliphatic heterocycles. The summed E-state index contributed by atoms with van der Waals surface area (Å²) in [5.41, 5.74) is 0.687. The summed E-state index contributed by atoms with van der Waals surface area (Å²) < 4.78 is 5.74. The molecule has 1 rings (SSSR count). The van der Waals surface area contributed by atoms with E-state index in [1.165, 1.54) is 70.6 Å². The highest BCUT2D eigenvalue weighted by Gasteiger charge is 2.01. The zero-order chi connectivity index (χ0) is 17.3. The van der Waals surface area contributed by atoms with Crippen LogP contribution in [-0.4, -0.2) is 13.0 Å². The van der Waals surface area contributed by atoms with Gasteiger partial charge in [-0.2, -0.15) is 0 Å². The zero-order valence-electron chi connectivity index (χ0n) is 15.3. The van der Waals surface area contributed by atoms with Crippen LogP contribution in [0.25, 0.3) is 0 Å². The highest BCUT2D eigenvalue weighted by molar-refractivity contribution is 5.75. The molecule has 0 bridgehead atoms. The minimum Gasteiger partial charge on any atom is -0.491 e. The molecule has 0 aromatic heterocycles. The second kappa shape index (κ2) is 15.0. The summed E-state index contributed by atoms with van der Waals surface area (Å²) in [5, 5.41) is 2.54. The molecular weight excluding hydrogens is 298 g/mol. The van der Waals surface area contributed by atoms with Crippen LogP contribution >= 0.6 is 0 Å². The van der Waals surface area contributed by atoms with E-state index in [0.29, 0.717) is 12.3 Å². The van der Waals surface area contributed by atoms with Crippen molar-refractivity contribution in [3.05, 3.63) is 24.3 Å². The van der Waals surface area contributed by atoms with Gasteiger partial charge >= 0.3 is 6.41 Å². The Morgan fingerprint density at radius 1 is 0.833 bits per heavy atom. The van der Waals surface area contributed by atoms with Gasteiger partial charge in [-0.3, -0.25) is 4.79 Å². The number of hydrogen-bond acceptors (Lipinski definition) is 2. The summed E-state index contributed by atoms with van der Waals surface area (Å²) >= 11 is 0. The molecular formula is C21H34NO2. The standard InChI is InChI=1S/C21H34NO2/c1-2-3-4-5-6-7-8-9-10-11-12-15-18-24-21-17-14-13-16-20(21)22-19-23/h13-14,16-17H,2-12,15,18H2,1H3,(H,22,23). The summed E-state index contributed by atoms with van der Waals surface area (Å²) in [7, 11) is 0. The minimum absolute atomic E-state index is 0.687. The lowest BCUT2D eigenvalue weighted by atomic mass is 10.1. The van der Waals surface area contributed by atoms with E-state index in [4.69, 9.17) is 4.74 Å². The summed E-state index contributed by atoms with van der Waals surface area (Å²) in [4.78, 5) is 10.4. The fraction of sp³-hybridized carbons (Fsp3) is 0.667. The maximum Gasteiger partial charge on any atom is 0.314 e. The third-order valence-corrected chi connectivity index (χ3v) is 4.33. The maximum absolute atomic E-state index is 10.4. The first-order valence-electron chi connectivity index (χ1n) is 9.73. The molecule has 0 aliphatic rings. The largest absolute Gasteiger partial charge is 0.491 e. The Bertz CT molecular complexity index is 420. The molecule has 3 heteroatoms. The number of carbonyl (C=O) groups excluding carboxylic acids is 1. The van der Waals surface area contributed by atoms with Crippen molar-refractivity contribution in [2.75, 3.05) is 11.9 Å². The highest BCUT2D eigenvalue weighted by Crippen LogP contribution is 2.23. The van der Waals surface area contributed by atoms with Crippen molar-refractivity contribution in [1.82, 2.24) is 0 Å². The predicted octanol–water partition coefficient (Wildman–Crippen LogP) is 6.25. The Morgan fingerprint density at radius 2 is 1.38 bits per heavy atom. The normalized spacial score (nSPS) is 10.5. The fourth-order valence-electron chi connectivity index (χ4n) is 2.88. The van der Waals surface area contributed by atoms with Crippen molar-refractivity contribution in [1.29, 1.82) is 0 Å². The van der Waals surface area contributed by atoms with Crippen LogP contribution in [0.15, 0.2) is 24.3 Å². The van der Waals surface area contributed by atoms with Crippen LogP contribution in [0.5, 0.6) is 5.75 Å². The zero-order valence-corrected chi connectivity index (χ0v) is 15.3. The van der Waals surface area contributed by atoms with Crippen LogP contribution in [0, 0.1) is 0 Å². The van der Waals surface area contributed by atoms with Crippen molar-refractivity contribution in [3.63, 3.8) is 0 Å². The quantitative estimate of drug-likeness (QED) is 0.287. The molecule has 0 atom stereocenters. The van der Waals surface area contributed by atoms with E-state index in [1.54, 1.807) is 6.41 Å². The van der Waals surface area contributed by atoms with Crippen molar-refractivity contribution >= 4 is 12.1 Å². The smallest absolute Gasteiger partial charge is 0.314 e. The molecule has 0 spiro atoms. The van der Waals surface area contributed by atoms with Gasteiger partial charge in [0.2, 0.25) is 0 Å². The van der Waals surface area contributed by atoms with E-state index in [9.17, 15) is 4.79 Å². The number of anilines is 1. The topological polar surface area (TPSA) is 38.3 Å². The van der Waals surface area contributed by atoms with Crippen LogP contribution < -0.4 is 10.1 Å². The molecule has 0 aliphatic carbocycles. The fourth-order valence-corrected chi connectivity index (χ4v) is 2.88. The van der Waals surface area contributed by atoms with Crippen LogP contribution in [-0.2, 0) is 4.79 Å². The van der Waals surface area contributed by atoms with Gasteiger partial charge in [0.15, 0.2) is 0 Å². The molecule has 1 aromatic rings. The second-order valence-corrected chi connectivity index (χ2v) is 6.46. The Morgan fingerprint density at radius 3 is 1.96 bits per heavy atom. The lowest BCUT2D eigenvalue weighted by Gasteiger charge is -2.10. The van der Waals surface area contributed by atoms with Crippen molar-refractivity contribution in [2.24, 2.45) is 0 Å². The number of rotatable bonds is 16. The number of nitrogens with one attached hydrogen (secondary N) is 1. The second-order valence-electron chi connectivity index (χ2n) is 6.46. The Balaban J connectivity index is 1.91. The van der Waals surface area contributed by atoms with Crippen LogP contribution in [0.3, 0.4) is 0 Å². The third kappa shape index (κ3) is 10.3. The lowest BCUT2D eigenvalue weighted by Crippen LogP contribution is -2.02. The third-order valence-electron chi connectivity index (χ3n) is 4.33. The minimum atomic E-state index is 0.687. The maximum atomic E-state index is 10.4. The van der Waals surface area contributed by atoms with E-state index in [2.05, 4.69) is 12.2 Å². The van der Waals surface area contributed by atoms with Gasteiger partial charge in [-0.15, -0.1) is 0 Å². The van der Waals surface area contributed by atoms with Gasteiger partial charge in [-0.05, 0) is 18.6 Å². The van der Waals surface area contributed by atoms with E-state index >= 15 is 0 Å². The van der Waals surface area contributed by atoms with Crippen molar-refractivity contribution < 1.29 is 9.53 Å². The average Bonchev–Trinajstić information content (AvgIpc) is 2.60. The Hall–Kier alpha value is -1.51. The van der Waals surface area contributed by atoms with E-state index in [0.717, 1.165) is 12.2 Å². The molecule has 135 valence electrons. The van der Waals surface area contributed by atoms with Gasteiger partial charge in [0, 0.05) is 0 Å². The molecule has 24 heavy (non-hydrogen) atoms. The van der Waals surface area contributed by atoms with Gasteiger partial charge in [0.1, 0.15) is 5.75 Å². The van der Waals surface area contributed by atoms with Gasteiger partial charge in [-0.1, -0.05) is 89.7 Å². The molecule has 1 amide bonds. The molecule has 0 saturated heterocycles. The summed E-state index contributed by atoms with van der Waals surface area (Å²) in [6.45, 7) is 2.97. The van der Waals surface area contributed by atoms with E-state index in [-0.39, 0.29) is 0 Å². The molecule has 3 nitrogen and oxygen atoms in total. The molecule has 1 N–H and O–H groups in total. The molecule has 1 aromatic carbocycles. The molecule has 0 fully saturated rings. The molecule has 0 unspecified atom stereocenters. The SMILES string of the molecule is CCCCCCCCCCCCCCOc1ccccc1N[C]=O. The van der Waals surface area contributed by atoms with Crippen molar-refractivity contribution in [2.45, 2.75) is 84.0 Å². The average molecular weight is 333 g/mol. The van der Waals surface area contributed by atoms with Gasteiger partial charge in [0.25, 0.3) is 0 Å². The monoisotopic (exact) mass is 332 g/mol. The van der Waals surface area contributed by atoms with Gasteiger partial charge in [0.05, 0.1) is 12.3 Å². The van der Waals surface area contributed by atoms with Crippen molar-refractivity contribution in [3.8, 4) is 5.75 Å². The first-order valence-corrected chi connectivity index (χ1v) is 9.73. The van der Waals surface area contributed by atoms with Crippen LogP contribution in [0.2, 0.25) is 0 Å². The number of unbranched alkanes of at least 4 members (excludes halogenated alkanes) is 11. The first-order chi connectivity index (χ1) is 11.9. The molecule has 0 heterocycles. The summed E-state index contributed by atoms with van der Waals surface area (Å²) in [6, 6.07) is 7.48.